The normalized spacial score (nSPS) is 14.2. The molecule has 0 fully saturated rings. The Morgan fingerprint density at radius 3 is 1.05 bits per heavy atom. The molecule has 0 heterocycles. The summed E-state index contributed by atoms with van der Waals surface area (Å²) in [6.45, 7) is 4.39. The van der Waals surface area contributed by atoms with E-state index in [2.05, 4.69) is 86.8 Å². The van der Waals surface area contributed by atoms with E-state index in [1.807, 2.05) is 0 Å². The molecule has 4 nitrogen and oxygen atoms in total. The molecule has 0 saturated heterocycles. The number of hydrogen-bond donors (Lipinski definition) is 2. The first kappa shape index (κ1) is 37.4. The van der Waals surface area contributed by atoms with Crippen molar-refractivity contribution in [2.24, 2.45) is 11.8 Å². The third kappa shape index (κ3) is 24.4. The molecule has 0 aliphatic rings. The van der Waals surface area contributed by atoms with Crippen LogP contribution in [0, 0.1) is 11.8 Å². The lowest BCUT2D eigenvalue weighted by atomic mass is 9.84. The zero-order chi connectivity index (χ0) is 29.5. The Morgan fingerprint density at radius 1 is 0.450 bits per heavy atom. The molecule has 2 atom stereocenters. The fraction of sp³-hybridized carbons (Fsp3) is 0.611. The van der Waals surface area contributed by atoms with E-state index >= 15 is 0 Å². The summed E-state index contributed by atoms with van der Waals surface area (Å²) in [6, 6.07) is 0. The van der Waals surface area contributed by atoms with Crippen molar-refractivity contribution in [1.29, 1.82) is 0 Å². The molecule has 2 unspecified atom stereocenters. The van der Waals surface area contributed by atoms with E-state index in [1.165, 1.54) is 25.7 Å². The van der Waals surface area contributed by atoms with Gasteiger partial charge in [0.05, 0.1) is 11.8 Å². The second-order valence-corrected chi connectivity index (χ2v) is 10.6. The van der Waals surface area contributed by atoms with Gasteiger partial charge in [-0.05, 0) is 51.4 Å². The molecule has 0 rings (SSSR count). The van der Waals surface area contributed by atoms with E-state index in [0.29, 0.717) is 12.8 Å². The van der Waals surface area contributed by atoms with Gasteiger partial charge >= 0.3 is 11.9 Å². The monoisotopic (exact) mass is 554 g/mol. The molecule has 226 valence electrons. The highest BCUT2D eigenvalue weighted by Gasteiger charge is 2.32. The highest BCUT2D eigenvalue weighted by Crippen LogP contribution is 2.26. The fourth-order valence-electron chi connectivity index (χ4n) is 4.55. The zero-order valence-corrected chi connectivity index (χ0v) is 25.5. The second-order valence-electron chi connectivity index (χ2n) is 10.6. The van der Waals surface area contributed by atoms with Gasteiger partial charge in [0.2, 0.25) is 0 Å². The lowest BCUT2D eigenvalue weighted by Gasteiger charge is -2.20. The van der Waals surface area contributed by atoms with E-state index in [1.54, 1.807) is 0 Å². The Balaban J connectivity index is 4.11. The minimum atomic E-state index is -0.968. The summed E-state index contributed by atoms with van der Waals surface area (Å²) < 4.78 is 0. The number of carboxylic acids is 2. The van der Waals surface area contributed by atoms with E-state index in [9.17, 15) is 19.8 Å². The highest BCUT2D eigenvalue weighted by molar-refractivity contribution is 5.79. The van der Waals surface area contributed by atoms with Crippen LogP contribution in [0.1, 0.15) is 129 Å². The van der Waals surface area contributed by atoms with Gasteiger partial charge in [0, 0.05) is 0 Å². The lowest BCUT2D eigenvalue weighted by Crippen LogP contribution is -2.30. The van der Waals surface area contributed by atoms with Crippen LogP contribution in [0.25, 0.3) is 0 Å². The summed E-state index contributed by atoms with van der Waals surface area (Å²) in [4.78, 5) is 23.7. The lowest BCUT2D eigenvalue weighted by molar-refractivity contribution is -0.154. The van der Waals surface area contributed by atoms with Crippen molar-refractivity contribution in [2.75, 3.05) is 0 Å². The van der Waals surface area contributed by atoms with Crippen molar-refractivity contribution in [2.45, 2.75) is 129 Å². The van der Waals surface area contributed by atoms with Gasteiger partial charge in [-0.3, -0.25) is 9.59 Å². The van der Waals surface area contributed by atoms with Crippen LogP contribution in [0.2, 0.25) is 0 Å². The van der Waals surface area contributed by atoms with E-state index in [0.717, 1.165) is 77.0 Å². The molecular weight excluding hydrogens is 496 g/mol. The third-order valence-corrected chi connectivity index (χ3v) is 7.05. The van der Waals surface area contributed by atoms with Gasteiger partial charge in [0.25, 0.3) is 0 Å². The number of carboxylic acid groups (broad SMARTS) is 2. The van der Waals surface area contributed by atoms with Crippen LogP contribution < -0.4 is 0 Å². The van der Waals surface area contributed by atoms with Crippen LogP contribution in [0.5, 0.6) is 0 Å². The predicted octanol–water partition coefficient (Wildman–Crippen LogP) is 10.8. The summed E-state index contributed by atoms with van der Waals surface area (Å²) in [5, 5.41) is 19.4. The first-order chi connectivity index (χ1) is 19.5. The topological polar surface area (TPSA) is 74.6 Å². The molecule has 0 bridgehead atoms. The second kappa shape index (κ2) is 29.4. The average molecular weight is 555 g/mol. The zero-order valence-electron chi connectivity index (χ0n) is 25.5. The van der Waals surface area contributed by atoms with Crippen molar-refractivity contribution in [3.8, 4) is 0 Å². The van der Waals surface area contributed by atoms with Crippen LogP contribution in [0.15, 0.2) is 72.9 Å². The number of unbranched alkanes of at least 4 members (excludes halogenated alkanes) is 12. The standard InChI is InChI=1S/C36H58O4/c1-3-5-7-9-11-13-15-17-19-21-23-25-27-29-31-33(35(37)38)34(36(39)40)32-30-28-26-24-22-20-18-16-14-12-10-8-6-4-2/h9-20,33-34H,3-8,21-32H2,1-2H3,(H,37,38)(H,39,40). The number of carbonyl (C=O) groups is 2. The van der Waals surface area contributed by atoms with Gasteiger partial charge in [0.1, 0.15) is 0 Å². The largest absolute Gasteiger partial charge is 0.481 e. The minimum absolute atomic E-state index is 0.446. The average Bonchev–Trinajstić information content (AvgIpc) is 2.93. The molecule has 0 aromatic rings. The van der Waals surface area contributed by atoms with E-state index < -0.39 is 23.8 Å². The number of hydrogen-bond acceptors (Lipinski definition) is 2. The fourth-order valence-corrected chi connectivity index (χ4v) is 4.55. The van der Waals surface area contributed by atoms with Crippen LogP contribution in [0.4, 0.5) is 0 Å². The molecular formula is C36H58O4. The summed E-state index contributed by atoms with van der Waals surface area (Å²) in [5.41, 5.74) is 0. The first-order valence-corrected chi connectivity index (χ1v) is 16.0. The van der Waals surface area contributed by atoms with Crippen molar-refractivity contribution in [3.05, 3.63) is 72.9 Å². The Bertz CT molecular complexity index is 719. The van der Waals surface area contributed by atoms with Crippen molar-refractivity contribution >= 4 is 11.9 Å². The Kier molecular flexibility index (Phi) is 27.4. The van der Waals surface area contributed by atoms with Crippen molar-refractivity contribution in [1.82, 2.24) is 0 Å². The van der Waals surface area contributed by atoms with E-state index in [-0.39, 0.29) is 0 Å². The molecule has 0 aromatic carbocycles. The van der Waals surface area contributed by atoms with Gasteiger partial charge in [0.15, 0.2) is 0 Å². The minimum Gasteiger partial charge on any atom is -0.481 e. The molecule has 0 aromatic heterocycles. The van der Waals surface area contributed by atoms with Gasteiger partial charge in [-0.2, -0.15) is 0 Å². The van der Waals surface area contributed by atoms with Crippen molar-refractivity contribution in [3.63, 3.8) is 0 Å². The molecule has 2 N–H and O–H groups in total. The molecule has 0 aliphatic heterocycles. The summed E-state index contributed by atoms with van der Waals surface area (Å²) in [6.07, 6.45) is 43.0. The third-order valence-electron chi connectivity index (χ3n) is 7.05. The molecule has 0 saturated carbocycles. The summed E-state index contributed by atoms with van der Waals surface area (Å²) >= 11 is 0. The molecule has 0 radical (unpaired) electrons. The first-order valence-electron chi connectivity index (χ1n) is 16.0. The maximum absolute atomic E-state index is 11.9. The quantitative estimate of drug-likeness (QED) is 0.0782. The SMILES string of the molecule is CCCCC=CC=CC=CCCCCCCC(C(=O)O)C(CCCCCCC=CC=CC=CCCCC)C(=O)O. The van der Waals surface area contributed by atoms with E-state index in [4.69, 9.17) is 0 Å². The van der Waals surface area contributed by atoms with Crippen LogP contribution in [-0.4, -0.2) is 22.2 Å². The maximum atomic E-state index is 11.9. The smallest absolute Gasteiger partial charge is 0.307 e. The van der Waals surface area contributed by atoms with Crippen LogP contribution >= 0.6 is 0 Å². The Hall–Kier alpha value is -2.62. The van der Waals surface area contributed by atoms with Gasteiger partial charge < -0.3 is 10.2 Å². The highest BCUT2D eigenvalue weighted by atomic mass is 16.4. The molecule has 4 heteroatoms. The Morgan fingerprint density at radius 2 is 0.750 bits per heavy atom. The van der Waals surface area contributed by atoms with Crippen LogP contribution in [0.3, 0.4) is 0 Å². The maximum Gasteiger partial charge on any atom is 0.307 e. The van der Waals surface area contributed by atoms with Gasteiger partial charge in [-0.15, -0.1) is 0 Å². The summed E-state index contributed by atoms with van der Waals surface area (Å²) in [5.74, 6) is -3.52. The van der Waals surface area contributed by atoms with Gasteiger partial charge in [-0.1, -0.05) is 151 Å². The molecule has 0 aliphatic carbocycles. The van der Waals surface area contributed by atoms with Crippen LogP contribution in [-0.2, 0) is 9.59 Å². The number of allylic oxidation sites excluding steroid dienone is 12. The molecule has 40 heavy (non-hydrogen) atoms. The predicted molar refractivity (Wildman–Crippen MR) is 172 cm³/mol. The summed E-state index contributed by atoms with van der Waals surface area (Å²) in [7, 11) is 0. The number of rotatable bonds is 27. The van der Waals surface area contributed by atoms with Crippen molar-refractivity contribution < 1.29 is 19.8 Å². The Labute approximate surface area is 245 Å². The molecule has 0 amide bonds. The number of aliphatic carboxylic acids is 2. The van der Waals surface area contributed by atoms with Gasteiger partial charge in [-0.25, -0.2) is 0 Å². The molecule has 0 spiro atoms.